The van der Waals surface area contributed by atoms with Gasteiger partial charge in [-0.3, -0.25) is 0 Å². The summed E-state index contributed by atoms with van der Waals surface area (Å²) in [6, 6.07) is 6.65. The first-order chi connectivity index (χ1) is 7.03. The van der Waals surface area contributed by atoms with Crippen molar-refractivity contribution < 1.29 is 17.7 Å². The van der Waals surface area contributed by atoms with Crippen LogP contribution in [0.5, 0.6) is 5.75 Å². The Bertz CT molecular complexity index is 336. The van der Waals surface area contributed by atoms with Gasteiger partial charge in [0.25, 0.3) is 0 Å². The Hall–Kier alpha value is -1.39. The van der Waals surface area contributed by atoms with Crippen molar-refractivity contribution in [1.82, 2.24) is 0 Å². The van der Waals surface area contributed by atoms with Crippen LogP contribution in [0.1, 0.15) is 5.56 Å². The summed E-state index contributed by atoms with van der Waals surface area (Å²) >= 11 is 0. The van der Waals surface area contributed by atoms with Crippen LogP contribution in [0.2, 0.25) is 0 Å². The summed E-state index contributed by atoms with van der Waals surface area (Å²) in [5.74, 6) is 0.275. The molecular formula is C10H11BF3O-. The van der Waals surface area contributed by atoms with Gasteiger partial charge >= 0.3 is 6.98 Å². The Kier molecular flexibility index (Phi) is 3.83. The Morgan fingerprint density at radius 3 is 2.53 bits per heavy atom. The van der Waals surface area contributed by atoms with Crippen molar-refractivity contribution in [2.75, 3.05) is 6.51 Å². The lowest BCUT2D eigenvalue weighted by molar-refractivity contribution is 0.311. The summed E-state index contributed by atoms with van der Waals surface area (Å²) in [5.41, 5.74) is 0.715. The van der Waals surface area contributed by atoms with E-state index in [4.69, 9.17) is 4.74 Å². The van der Waals surface area contributed by atoms with Crippen LogP contribution >= 0.6 is 0 Å². The molecule has 0 aliphatic heterocycles. The molecule has 0 saturated carbocycles. The standard InChI is InChI=1S/C10H11BF3O/c1-2-5-9-6-3-4-7-10(9)15-8-11(12,13)14/h2-4,6-7H,1,5,8H2/q-1. The van der Waals surface area contributed by atoms with Gasteiger partial charge in [-0.05, 0) is 18.1 Å². The van der Waals surface area contributed by atoms with E-state index in [1.807, 2.05) is 0 Å². The van der Waals surface area contributed by atoms with Gasteiger partial charge in [0, 0.05) is 0 Å². The first-order valence-electron chi connectivity index (χ1n) is 4.55. The molecule has 82 valence electrons. The Labute approximate surface area is 86.6 Å². The Morgan fingerprint density at radius 1 is 1.27 bits per heavy atom. The average molecular weight is 215 g/mol. The fourth-order valence-electron chi connectivity index (χ4n) is 1.15. The van der Waals surface area contributed by atoms with Crippen LogP contribution < -0.4 is 4.74 Å². The van der Waals surface area contributed by atoms with Gasteiger partial charge in [-0.2, -0.15) is 0 Å². The molecule has 0 N–H and O–H groups in total. The highest BCUT2D eigenvalue weighted by atomic mass is 19.4. The number of rotatable bonds is 5. The van der Waals surface area contributed by atoms with Crippen molar-refractivity contribution in [2.45, 2.75) is 6.42 Å². The quantitative estimate of drug-likeness (QED) is 0.541. The molecule has 0 heterocycles. The number of para-hydroxylation sites is 1. The smallest absolute Gasteiger partial charge is 0.515 e. The summed E-state index contributed by atoms with van der Waals surface area (Å²) in [6.07, 6.45) is 2.13. The highest BCUT2D eigenvalue weighted by molar-refractivity contribution is 6.58. The Morgan fingerprint density at radius 2 is 1.93 bits per heavy atom. The van der Waals surface area contributed by atoms with Gasteiger partial charge in [0.05, 0.1) is 6.51 Å². The van der Waals surface area contributed by atoms with E-state index in [1.165, 1.54) is 6.07 Å². The first-order valence-corrected chi connectivity index (χ1v) is 4.55. The lowest BCUT2D eigenvalue weighted by Gasteiger charge is -2.16. The maximum Gasteiger partial charge on any atom is 0.515 e. The molecule has 0 atom stereocenters. The highest BCUT2D eigenvalue weighted by Gasteiger charge is 2.24. The lowest BCUT2D eigenvalue weighted by atomic mass is 9.95. The lowest BCUT2D eigenvalue weighted by Crippen LogP contribution is -2.26. The van der Waals surface area contributed by atoms with Crippen molar-refractivity contribution in [3.8, 4) is 5.75 Å². The number of allylic oxidation sites excluding steroid dienone is 1. The van der Waals surface area contributed by atoms with E-state index in [0.29, 0.717) is 12.0 Å². The molecule has 15 heavy (non-hydrogen) atoms. The topological polar surface area (TPSA) is 9.23 Å². The van der Waals surface area contributed by atoms with Crippen molar-refractivity contribution >= 4 is 6.98 Å². The summed E-state index contributed by atoms with van der Waals surface area (Å²) < 4.78 is 40.6. The summed E-state index contributed by atoms with van der Waals surface area (Å²) in [5, 5.41) is 0. The number of hydrogen-bond donors (Lipinski definition) is 0. The summed E-state index contributed by atoms with van der Waals surface area (Å²) in [6.45, 7) is -2.57. The molecule has 0 saturated heterocycles. The molecule has 0 aromatic heterocycles. The van der Waals surface area contributed by atoms with E-state index >= 15 is 0 Å². The summed E-state index contributed by atoms with van der Waals surface area (Å²) in [7, 11) is 0. The number of hydrogen-bond acceptors (Lipinski definition) is 1. The zero-order valence-electron chi connectivity index (χ0n) is 8.13. The molecule has 0 aliphatic rings. The number of halogens is 3. The highest BCUT2D eigenvalue weighted by Crippen LogP contribution is 2.20. The third-order valence-electron chi connectivity index (χ3n) is 1.76. The van der Waals surface area contributed by atoms with Gasteiger partial charge in [-0.15, -0.1) is 6.58 Å². The molecule has 0 spiro atoms. The predicted octanol–water partition coefficient (Wildman–Crippen LogP) is 3.18. The molecule has 0 radical (unpaired) electrons. The molecule has 0 unspecified atom stereocenters. The minimum atomic E-state index is -4.90. The molecule has 1 aromatic rings. The van der Waals surface area contributed by atoms with E-state index in [2.05, 4.69) is 6.58 Å². The van der Waals surface area contributed by atoms with Gasteiger partial charge in [0.15, 0.2) is 0 Å². The third-order valence-corrected chi connectivity index (χ3v) is 1.76. The number of ether oxygens (including phenoxy) is 1. The van der Waals surface area contributed by atoms with Crippen LogP contribution in [-0.2, 0) is 6.42 Å². The minimum Gasteiger partial charge on any atom is -0.521 e. The fourth-order valence-corrected chi connectivity index (χ4v) is 1.15. The van der Waals surface area contributed by atoms with E-state index in [1.54, 1.807) is 24.3 Å². The third kappa shape index (κ3) is 4.10. The van der Waals surface area contributed by atoms with Crippen molar-refractivity contribution in [1.29, 1.82) is 0 Å². The molecule has 0 bridgehead atoms. The van der Waals surface area contributed by atoms with Gasteiger partial charge in [0.2, 0.25) is 0 Å². The SMILES string of the molecule is C=CCc1ccccc1OC[B-](F)(F)F. The number of benzene rings is 1. The molecule has 0 fully saturated rings. The second kappa shape index (κ2) is 4.91. The van der Waals surface area contributed by atoms with Crippen LogP contribution in [0.15, 0.2) is 36.9 Å². The predicted molar refractivity (Wildman–Crippen MR) is 54.9 cm³/mol. The summed E-state index contributed by atoms with van der Waals surface area (Å²) in [4.78, 5) is 0. The van der Waals surface area contributed by atoms with Crippen LogP contribution in [-0.4, -0.2) is 13.5 Å². The van der Waals surface area contributed by atoms with E-state index in [9.17, 15) is 12.9 Å². The largest absolute Gasteiger partial charge is 0.521 e. The van der Waals surface area contributed by atoms with Crippen LogP contribution in [0, 0.1) is 0 Å². The second-order valence-corrected chi connectivity index (χ2v) is 3.12. The molecule has 1 nitrogen and oxygen atoms in total. The maximum atomic E-state index is 12.0. The van der Waals surface area contributed by atoms with Gasteiger partial charge in [-0.25, -0.2) is 0 Å². The molecular weight excluding hydrogens is 204 g/mol. The molecule has 1 rings (SSSR count). The monoisotopic (exact) mass is 215 g/mol. The van der Waals surface area contributed by atoms with Crippen LogP contribution in [0.3, 0.4) is 0 Å². The Balaban J connectivity index is 2.71. The van der Waals surface area contributed by atoms with Crippen LogP contribution in [0.25, 0.3) is 0 Å². The maximum absolute atomic E-state index is 12.0. The van der Waals surface area contributed by atoms with Crippen LogP contribution in [0.4, 0.5) is 12.9 Å². The minimum absolute atomic E-state index is 0.275. The average Bonchev–Trinajstić information content (AvgIpc) is 2.16. The van der Waals surface area contributed by atoms with E-state index in [-0.39, 0.29) is 5.75 Å². The molecule has 1 aromatic carbocycles. The normalized spacial score (nSPS) is 11.1. The van der Waals surface area contributed by atoms with E-state index < -0.39 is 13.5 Å². The zero-order chi connectivity index (χ0) is 11.3. The molecule has 0 aliphatic carbocycles. The van der Waals surface area contributed by atoms with Crippen molar-refractivity contribution in [2.24, 2.45) is 0 Å². The fraction of sp³-hybridized carbons (Fsp3) is 0.200. The molecule has 0 amide bonds. The zero-order valence-corrected chi connectivity index (χ0v) is 8.13. The van der Waals surface area contributed by atoms with Gasteiger partial charge in [-0.1, -0.05) is 24.3 Å². The van der Waals surface area contributed by atoms with Crippen molar-refractivity contribution in [3.05, 3.63) is 42.5 Å². The first kappa shape index (κ1) is 11.7. The molecule has 5 heteroatoms. The second-order valence-electron chi connectivity index (χ2n) is 3.12. The van der Waals surface area contributed by atoms with Gasteiger partial charge in [0.1, 0.15) is 5.75 Å². The van der Waals surface area contributed by atoms with E-state index in [0.717, 1.165) is 0 Å². The van der Waals surface area contributed by atoms with Gasteiger partial charge < -0.3 is 17.7 Å². The van der Waals surface area contributed by atoms with Crippen molar-refractivity contribution in [3.63, 3.8) is 0 Å².